The molecule has 0 radical (unpaired) electrons. The molecule has 1 saturated heterocycles. The van der Waals surface area contributed by atoms with Crippen LogP contribution in [-0.4, -0.2) is 52.3 Å². The van der Waals surface area contributed by atoms with Crippen LogP contribution in [0.2, 0.25) is 0 Å². The molecule has 134 valence electrons. The van der Waals surface area contributed by atoms with Crippen LogP contribution in [0.25, 0.3) is 0 Å². The van der Waals surface area contributed by atoms with Crippen molar-refractivity contribution in [3.8, 4) is 5.75 Å². The zero-order chi connectivity index (χ0) is 17.5. The second-order valence-electron chi connectivity index (χ2n) is 6.25. The zero-order valence-electron chi connectivity index (χ0n) is 14.6. The monoisotopic (exact) mass is 343 g/mol. The van der Waals surface area contributed by atoms with E-state index in [4.69, 9.17) is 4.74 Å². The SMILES string of the molecule is COc1cccc(C(CNC(=O)CCn2cncn2)N2CCCC2)c1. The topological polar surface area (TPSA) is 72.3 Å². The molecule has 3 rings (SSSR count). The Bertz CT molecular complexity index is 668. The third-order valence-corrected chi connectivity index (χ3v) is 4.59. The highest BCUT2D eigenvalue weighted by Crippen LogP contribution is 2.27. The van der Waals surface area contributed by atoms with Crippen molar-refractivity contribution in [2.75, 3.05) is 26.7 Å². The van der Waals surface area contributed by atoms with E-state index in [1.165, 1.54) is 24.7 Å². The molecule has 1 amide bonds. The molecular formula is C18H25N5O2. The number of carbonyl (C=O) groups is 1. The van der Waals surface area contributed by atoms with Gasteiger partial charge in [0.15, 0.2) is 0 Å². The molecule has 1 aliphatic heterocycles. The summed E-state index contributed by atoms with van der Waals surface area (Å²) in [5.74, 6) is 0.877. The van der Waals surface area contributed by atoms with Crippen molar-refractivity contribution in [2.24, 2.45) is 0 Å². The van der Waals surface area contributed by atoms with Crippen LogP contribution in [0.5, 0.6) is 5.75 Å². The summed E-state index contributed by atoms with van der Waals surface area (Å²) in [6.45, 7) is 3.27. The molecule has 1 fully saturated rings. The summed E-state index contributed by atoms with van der Waals surface area (Å²) < 4.78 is 7.02. The van der Waals surface area contributed by atoms with E-state index in [2.05, 4.69) is 32.4 Å². The second-order valence-corrected chi connectivity index (χ2v) is 6.25. The highest BCUT2D eigenvalue weighted by Gasteiger charge is 2.24. The van der Waals surface area contributed by atoms with Gasteiger partial charge in [0.1, 0.15) is 18.4 Å². The molecule has 0 aliphatic carbocycles. The van der Waals surface area contributed by atoms with E-state index >= 15 is 0 Å². The number of rotatable bonds is 8. The minimum Gasteiger partial charge on any atom is -0.497 e. The lowest BCUT2D eigenvalue weighted by molar-refractivity contribution is -0.121. The van der Waals surface area contributed by atoms with Crippen LogP contribution in [0.1, 0.15) is 30.9 Å². The number of methoxy groups -OCH3 is 1. The largest absolute Gasteiger partial charge is 0.497 e. The van der Waals surface area contributed by atoms with Gasteiger partial charge in [-0.3, -0.25) is 14.4 Å². The number of aromatic nitrogens is 3. The first-order valence-electron chi connectivity index (χ1n) is 8.73. The Morgan fingerprint density at radius 2 is 2.20 bits per heavy atom. The Labute approximate surface area is 148 Å². The van der Waals surface area contributed by atoms with Crippen LogP contribution in [0, 0.1) is 0 Å². The van der Waals surface area contributed by atoms with E-state index < -0.39 is 0 Å². The van der Waals surface area contributed by atoms with Gasteiger partial charge in [0, 0.05) is 13.0 Å². The average Bonchev–Trinajstić information content (AvgIpc) is 3.34. The molecule has 2 heterocycles. The van der Waals surface area contributed by atoms with Gasteiger partial charge in [-0.25, -0.2) is 4.98 Å². The van der Waals surface area contributed by atoms with Crippen molar-refractivity contribution in [1.82, 2.24) is 25.0 Å². The molecule has 1 N–H and O–H groups in total. The Balaban J connectivity index is 1.60. The first kappa shape index (κ1) is 17.4. The van der Waals surface area contributed by atoms with Crippen molar-refractivity contribution >= 4 is 5.91 Å². The zero-order valence-corrected chi connectivity index (χ0v) is 14.6. The van der Waals surface area contributed by atoms with Gasteiger partial charge in [-0.1, -0.05) is 12.1 Å². The Morgan fingerprint density at radius 3 is 2.92 bits per heavy atom. The van der Waals surface area contributed by atoms with E-state index in [0.717, 1.165) is 18.8 Å². The van der Waals surface area contributed by atoms with E-state index in [-0.39, 0.29) is 11.9 Å². The summed E-state index contributed by atoms with van der Waals surface area (Å²) in [7, 11) is 1.68. The lowest BCUT2D eigenvalue weighted by Crippen LogP contribution is -2.37. The van der Waals surface area contributed by atoms with Crippen LogP contribution < -0.4 is 10.1 Å². The van der Waals surface area contributed by atoms with Crippen LogP contribution in [0.3, 0.4) is 0 Å². The second kappa shape index (κ2) is 8.62. The number of hydrogen-bond acceptors (Lipinski definition) is 5. The highest BCUT2D eigenvalue weighted by molar-refractivity contribution is 5.75. The van der Waals surface area contributed by atoms with Crippen molar-refractivity contribution in [3.05, 3.63) is 42.5 Å². The summed E-state index contributed by atoms with van der Waals surface area (Å²) in [6, 6.07) is 8.29. The van der Waals surface area contributed by atoms with Crippen molar-refractivity contribution in [2.45, 2.75) is 31.8 Å². The number of hydrogen-bond donors (Lipinski definition) is 1. The van der Waals surface area contributed by atoms with Gasteiger partial charge in [0.25, 0.3) is 0 Å². The molecule has 0 saturated carbocycles. The Kier molecular flexibility index (Phi) is 6.00. The fourth-order valence-electron chi connectivity index (χ4n) is 3.22. The number of likely N-dealkylation sites (tertiary alicyclic amines) is 1. The maximum atomic E-state index is 12.2. The first-order valence-corrected chi connectivity index (χ1v) is 8.73. The molecule has 1 atom stereocenters. The molecule has 0 bridgehead atoms. The van der Waals surface area contributed by atoms with Gasteiger partial charge in [-0.2, -0.15) is 5.10 Å². The minimum absolute atomic E-state index is 0.0302. The lowest BCUT2D eigenvalue weighted by Gasteiger charge is -2.28. The molecule has 1 aliphatic rings. The fraction of sp³-hybridized carbons (Fsp3) is 0.500. The van der Waals surface area contributed by atoms with Crippen molar-refractivity contribution in [3.63, 3.8) is 0 Å². The molecule has 25 heavy (non-hydrogen) atoms. The number of ether oxygens (including phenoxy) is 1. The third kappa shape index (κ3) is 4.79. The van der Waals surface area contributed by atoms with E-state index in [9.17, 15) is 4.79 Å². The number of nitrogens with zero attached hydrogens (tertiary/aromatic N) is 4. The Hall–Kier alpha value is -2.41. The number of benzene rings is 1. The molecule has 1 unspecified atom stereocenters. The van der Waals surface area contributed by atoms with Gasteiger partial charge in [0.05, 0.1) is 19.7 Å². The van der Waals surface area contributed by atoms with E-state index in [1.807, 2.05) is 12.1 Å². The summed E-state index contributed by atoms with van der Waals surface area (Å²) in [4.78, 5) is 18.5. The predicted octanol–water partition coefficient (Wildman–Crippen LogP) is 1.63. The van der Waals surface area contributed by atoms with Gasteiger partial charge >= 0.3 is 0 Å². The number of amides is 1. The molecule has 1 aromatic heterocycles. The van der Waals surface area contributed by atoms with Gasteiger partial charge in [-0.15, -0.1) is 0 Å². The van der Waals surface area contributed by atoms with Crippen LogP contribution in [0.15, 0.2) is 36.9 Å². The minimum atomic E-state index is 0.0302. The lowest BCUT2D eigenvalue weighted by atomic mass is 10.0. The van der Waals surface area contributed by atoms with Gasteiger partial charge in [0.2, 0.25) is 5.91 Å². The summed E-state index contributed by atoms with van der Waals surface area (Å²) in [5, 5.41) is 7.09. The maximum Gasteiger partial charge on any atom is 0.221 e. The van der Waals surface area contributed by atoms with Crippen LogP contribution in [-0.2, 0) is 11.3 Å². The molecule has 7 nitrogen and oxygen atoms in total. The van der Waals surface area contributed by atoms with E-state index in [1.54, 1.807) is 18.1 Å². The quantitative estimate of drug-likeness (QED) is 0.789. The molecule has 7 heteroatoms. The predicted molar refractivity (Wildman–Crippen MR) is 94.2 cm³/mol. The van der Waals surface area contributed by atoms with Crippen molar-refractivity contribution in [1.29, 1.82) is 0 Å². The summed E-state index contributed by atoms with van der Waals surface area (Å²) in [5.41, 5.74) is 1.18. The normalized spacial score (nSPS) is 15.9. The molecule has 1 aromatic carbocycles. The summed E-state index contributed by atoms with van der Waals surface area (Å²) in [6.07, 6.45) is 5.91. The van der Waals surface area contributed by atoms with Gasteiger partial charge < -0.3 is 10.1 Å². The number of nitrogens with one attached hydrogen (secondary N) is 1. The van der Waals surface area contributed by atoms with Crippen LogP contribution in [0.4, 0.5) is 0 Å². The summed E-state index contributed by atoms with van der Waals surface area (Å²) >= 11 is 0. The highest BCUT2D eigenvalue weighted by atomic mass is 16.5. The third-order valence-electron chi connectivity index (χ3n) is 4.59. The van der Waals surface area contributed by atoms with Gasteiger partial charge in [-0.05, 0) is 43.6 Å². The van der Waals surface area contributed by atoms with Crippen molar-refractivity contribution < 1.29 is 9.53 Å². The molecule has 2 aromatic rings. The number of carbonyl (C=O) groups excluding carboxylic acids is 1. The average molecular weight is 343 g/mol. The molecule has 0 spiro atoms. The Morgan fingerprint density at radius 1 is 1.36 bits per heavy atom. The number of aryl methyl sites for hydroxylation is 1. The van der Waals surface area contributed by atoms with E-state index in [0.29, 0.717) is 19.5 Å². The fourth-order valence-corrected chi connectivity index (χ4v) is 3.22. The molecular weight excluding hydrogens is 318 g/mol. The standard InChI is InChI=1S/C18H25N5O2/c1-25-16-6-4-5-15(11-16)17(22-8-2-3-9-22)12-20-18(24)7-10-23-14-19-13-21-23/h4-6,11,13-14,17H,2-3,7-10,12H2,1H3,(H,20,24). The smallest absolute Gasteiger partial charge is 0.221 e. The van der Waals surface area contributed by atoms with Crippen LogP contribution >= 0.6 is 0 Å². The maximum absolute atomic E-state index is 12.2. The first-order chi connectivity index (χ1) is 12.3.